The van der Waals surface area contributed by atoms with Crippen LogP contribution >= 0.6 is 11.6 Å². The van der Waals surface area contributed by atoms with Gasteiger partial charge in [-0.15, -0.1) is 0 Å². The highest BCUT2D eigenvalue weighted by Gasteiger charge is 2.13. The predicted molar refractivity (Wildman–Crippen MR) is 98.9 cm³/mol. The molecule has 2 aromatic rings. The summed E-state index contributed by atoms with van der Waals surface area (Å²) in [7, 11) is 0. The Labute approximate surface area is 149 Å². The van der Waals surface area contributed by atoms with Gasteiger partial charge in [0.15, 0.2) is 6.61 Å². The first-order valence-electron chi connectivity index (χ1n) is 8.04. The van der Waals surface area contributed by atoms with Crippen LogP contribution in [-0.4, -0.2) is 12.5 Å². The smallest absolute Gasteiger partial charge is 0.258 e. The second-order valence-corrected chi connectivity index (χ2v) is 6.69. The van der Waals surface area contributed by atoms with E-state index in [2.05, 4.69) is 23.5 Å². The van der Waals surface area contributed by atoms with Crippen LogP contribution in [0.1, 0.15) is 40.8 Å². The summed E-state index contributed by atoms with van der Waals surface area (Å²) in [6.45, 7) is 9.90. The van der Waals surface area contributed by atoms with Gasteiger partial charge in [-0.05, 0) is 69.0 Å². The molecule has 0 heterocycles. The summed E-state index contributed by atoms with van der Waals surface area (Å²) in [6.07, 6.45) is 0. The molecule has 24 heavy (non-hydrogen) atoms. The maximum absolute atomic E-state index is 12.2. The van der Waals surface area contributed by atoms with Crippen LogP contribution in [0.25, 0.3) is 0 Å². The van der Waals surface area contributed by atoms with Gasteiger partial charge in [0.05, 0.1) is 6.04 Å². The number of benzene rings is 2. The molecule has 2 aromatic carbocycles. The van der Waals surface area contributed by atoms with Crippen LogP contribution in [0.15, 0.2) is 30.3 Å². The molecule has 0 spiro atoms. The standard InChI is InChI=1S/C20H24ClNO2/c1-12-6-7-13(2)18(8-12)16(5)22-19(23)11-24-17-9-14(3)20(21)15(4)10-17/h6-10,16H,11H2,1-5H3,(H,22,23). The lowest BCUT2D eigenvalue weighted by Crippen LogP contribution is -2.31. The maximum Gasteiger partial charge on any atom is 0.258 e. The quantitative estimate of drug-likeness (QED) is 0.842. The van der Waals surface area contributed by atoms with Crippen LogP contribution in [0.2, 0.25) is 5.02 Å². The minimum atomic E-state index is -0.145. The van der Waals surface area contributed by atoms with Gasteiger partial charge in [0.1, 0.15) is 5.75 Å². The highest BCUT2D eigenvalue weighted by atomic mass is 35.5. The van der Waals surface area contributed by atoms with Crippen molar-refractivity contribution in [1.82, 2.24) is 5.32 Å². The van der Waals surface area contributed by atoms with E-state index in [0.29, 0.717) is 5.75 Å². The van der Waals surface area contributed by atoms with Gasteiger partial charge < -0.3 is 10.1 Å². The summed E-state index contributed by atoms with van der Waals surface area (Å²) in [4.78, 5) is 12.2. The van der Waals surface area contributed by atoms with Gasteiger partial charge in [-0.3, -0.25) is 4.79 Å². The fourth-order valence-electron chi connectivity index (χ4n) is 2.73. The first kappa shape index (κ1) is 18.3. The van der Waals surface area contributed by atoms with E-state index in [9.17, 15) is 4.79 Å². The third kappa shape index (κ3) is 4.51. The number of aryl methyl sites for hydroxylation is 4. The third-order valence-corrected chi connectivity index (χ3v) is 4.65. The number of halogens is 1. The summed E-state index contributed by atoms with van der Waals surface area (Å²) in [6, 6.07) is 9.88. The largest absolute Gasteiger partial charge is 0.484 e. The minimum Gasteiger partial charge on any atom is -0.484 e. The van der Waals surface area contributed by atoms with Crippen molar-refractivity contribution in [2.24, 2.45) is 0 Å². The Kier molecular flexibility index (Phi) is 5.89. The molecule has 0 bridgehead atoms. The molecule has 0 aromatic heterocycles. The van der Waals surface area contributed by atoms with Crippen molar-refractivity contribution in [3.63, 3.8) is 0 Å². The van der Waals surface area contributed by atoms with Crippen molar-refractivity contribution in [1.29, 1.82) is 0 Å². The van der Waals surface area contributed by atoms with Crippen molar-refractivity contribution in [3.05, 3.63) is 63.2 Å². The molecular formula is C20H24ClNO2. The van der Waals surface area contributed by atoms with Crippen LogP contribution in [0.4, 0.5) is 0 Å². The monoisotopic (exact) mass is 345 g/mol. The zero-order valence-electron chi connectivity index (χ0n) is 14.9. The zero-order valence-corrected chi connectivity index (χ0v) is 15.6. The highest BCUT2D eigenvalue weighted by Crippen LogP contribution is 2.26. The van der Waals surface area contributed by atoms with Gasteiger partial charge in [-0.25, -0.2) is 0 Å². The molecule has 128 valence electrons. The summed E-state index contributed by atoms with van der Waals surface area (Å²) < 4.78 is 5.60. The number of carbonyl (C=O) groups is 1. The lowest BCUT2D eigenvalue weighted by molar-refractivity contribution is -0.123. The van der Waals surface area contributed by atoms with E-state index in [1.54, 1.807) is 0 Å². The molecule has 0 aliphatic rings. The summed E-state index contributed by atoms with van der Waals surface area (Å²) >= 11 is 6.14. The second-order valence-electron chi connectivity index (χ2n) is 6.31. The fraction of sp³-hybridized carbons (Fsp3) is 0.350. The number of hydrogen-bond donors (Lipinski definition) is 1. The second kappa shape index (κ2) is 7.71. The lowest BCUT2D eigenvalue weighted by Gasteiger charge is -2.18. The molecule has 0 saturated heterocycles. The van der Waals surface area contributed by atoms with Gasteiger partial charge in [0.2, 0.25) is 0 Å². The van der Waals surface area contributed by atoms with E-state index < -0.39 is 0 Å². The molecule has 3 nitrogen and oxygen atoms in total. The van der Waals surface area contributed by atoms with Crippen LogP contribution in [0.5, 0.6) is 5.75 Å². The SMILES string of the molecule is Cc1ccc(C)c(C(C)NC(=O)COc2cc(C)c(Cl)c(C)c2)c1. The van der Waals surface area contributed by atoms with Crippen molar-refractivity contribution in [3.8, 4) is 5.75 Å². The Hall–Kier alpha value is -2.00. The number of amides is 1. The predicted octanol–water partition coefficient (Wildman–Crippen LogP) is 4.83. The molecular weight excluding hydrogens is 322 g/mol. The Morgan fingerprint density at radius 1 is 1.08 bits per heavy atom. The number of carbonyl (C=O) groups excluding carboxylic acids is 1. The van der Waals surface area contributed by atoms with E-state index in [-0.39, 0.29) is 18.6 Å². The lowest BCUT2D eigenvalue weighted by atomic mass is 10.00. The first-order chi connectivity index (χ1) is 11.3. The van der Waals surface area contributed by atoms with Crippen LogP contribution < -0.4 is 10.1 Å². The van der Waals surface area contributed by atoms with E-state index in [4.69, 9.17) is 16.3 Å². The Morgan fingerprint density at radius 2 is 1.71 bits per heavy atom. The van der Waals surface area contributed by atoms with Gasteiger partial charge in [0, 0.05) is 5.02 Å². The summed E-state index contributed by atoms with van der Waals surface area (Å²) in [5.74, 6) is 0.512. The minimum absolute atomic E-state index is 0.0181. The van der Waals surface area contributed by atoms with E-state index in [1.807, 2.05) is 46.8 Å². The summed E-state index contributed by atoms with van der Waals surface area (Å²) in [5, 5.41) is 3.72. The van der Waals surface area contributed by atoms with Crippen LogP contribution in [-0.2, 0) is 4.79 Å². The zero-order chi connectivity index (χ0) is 17.9. The summed E-state index contributed by atoms with van der Waals surface area (Å²) in [5.41, 5.74) is 5.35. The molecule has 0 aliphatic carbocycles. The number of rotatable bonds is 5. The van der Waals surface area contributed by atoms with Crippen molar-refractivity contribution in [2.75, 3.05) is 6.61 Å². The third-order valence-electron chi connectivity index (χ3n) is 4.06. The van der Waals surface area contributed by atoms with Gasteiger partial charge in [-0.1, -0.05) is 35.4 Å². The Balaban J connectivity index is 1.97. The molecule has 0 radical (unpaired) electrons. The molecule has 0 saturated carbocycles. The number of nitrogens with one attached hydrogen (secondary N) is 1. The van der Waals surface area contributed by atoms with Gasteiger partial charge in [-0.2, -0.15) is 0 Å². The molecule has 1 N–H and O–H groups in total. The van der Waals surface area contributed by atoms with E-state index in [0.717, 1.165) is 21.7 Å². The molecule has 0 fully saturated rings. The maximum atomic E-state index is 12.2. The normalized spacial score (nSPS) is 11.9. The average Bonchev–Trinajstić information content (AvgIpc) is 2.52. The number of hydrogen-bond acceptors (Lipinski definition) is 2. The van der Waals surface area contributed by atoms with Crippen LogP contribution in [0.3, 0.4) is 0 Å². The van der Waals surface area contributed by atoms with Gasteiger partial charge >= 0.3 is 0 Å². The van der Waals surface area contributed by atoms with Crippen molar-refractivity contribution in [2.45, 2.75) is 40.7 Å². The molecule has 0 aliphatic heterocycles. The first-order valence-corrected chi connectivity index (χ1v) is 8.41. The van der Waals surface area contributed by atoms with E-state index >= 15 is 0 Å². The molecule has 1 amide bonds. The molecule has 2 rings (SSSR count). The van der Waals surface area contributed by atoms with E-state index in [1.165, 1.54) is 11.1 Å². The molecule has 1 unspecified atom stereocenters. The highest BCUT2D eigenvalue weighted by molar-refractivity contribution is 6.32. The van der Waals surface area contributed by atoms with Crippen LogP contribution in [0, 0.1) is 27.7 Å². The van der Waals surface area contributed by atoms with Crippen molar-refractivity contribution >= 4 is 17.5 Å². The molecule has 4 heteroatoms. The topological polar surface area (TPSA) is 38.3 Å². The van der Waals surface area contributed by atoms with Gasteiger partial charge in [0.25, 0.3) is 5.91 Å². The molecule has 1 atom stereocenters. The average molecular weight is 346 g/mol. The number of ether oxygens (including phenoxy) is 1. The Bertz CT molecular complexity index is 732. The van der Waals surface area contributed by atoms with Crippen molar-refractivity contribution < 1.29 is 9.53 Å². The Morgan fingerprint density at radius 3 is 2.33 bits per heavy atom. The fourth-order valence-corrected chi connectivity index (χ4v) is 2.83.